The van der Waals surface area contributed by atoms with Crippen molar-refractivity contribution in [1.82, 2.24) is 4.57 Å². The molecule has 6 rings (SSSR count). The Morgan fingerprint density at radius 1 is 0.905 bits per heavy atom. The molecule has 2 aromatic rings. The lowest BCUT2D eigenvalue weighted by molar-refractivity contribution is -0.0454. The summed E-state index contributed by atoms with van der Waals surface area (Å²) in [6, 6.07) is 6.21. The Balaban J connectivity index is 1.73. The van der Waals surface area contributed by atoms with Crippen molar-refractivity contribution in [1.29, 1.82) is 0 Å². The summed E-state index contributed by atoms with van der Waals surface area (Å²) in [6.07, 6.45) is 7.22. The van der Waals surface area contributed by atoms with Crippen LogP contribution in [-0.2, 0) is 5.54 Å². The number of halogens is 2. The summed E-state index contributed by atoms with van der Waals surface area (Å²) in [7, 11) is 0. The average Bonchev–Trinajstić information content (AvgIpc) is 2.72. The van der Waals surface area contributed by atoms with Crippen LogP contribution in [-0.4, -0.2) is 4.57 Å². The van der Waals surface area contributed by atoms with Gasteiger partial charge in [-0.05, 0) is 74.5 Å². The lowest BCUT2D eigenvalue weighted by Gasteiger charge is -2.57. The zero-order valence-electron chi connectivity index (χ0n) is 12.0. The van der Waals surface area contributed by atoms with Gasteiger partial charge >= 0.3 is 0 Å². The molecule has 0 atom stereocenters. The van der Waals surface area contributed by atoms with Crippen LogP contribution < -0.4 is 0 Å². The fourth-order valence-electron chi connectivity index (χ4n) is 5.96. The summed E-state index contributed by atoms with van der Waals surface area (Å²) >= 11 is 0. The van der Waals surface area contributed by atoms with Gasteiger partial charge < -0.3 is 4.57 Å². The molecule has 4 saturated carbocycles. The third-order valence-corrected chi connectivity index (χ3v) is 6.20. The summed E-state index contributed by atoms with van der Waals surface area (Å²) in [5, 5.41) is 0.824. The van der Waals surface area contributed by atoms with E-state index < -0.39 is 0 Å². The number of nitrogens with zero attached hydrogens (tertiary/aromatic N) is 1. The minimum Gasteiger partial charge on any atom is -0.311 e. The molecule has 4 aliphatic carbocycles. The molecular formula is C18H19F2N. The zero-order valence-corrected chi connectivity index (χ0v) is 12.0. The number of fused-ring (bicyclic) bond motifs is 1. The predicted octanol–water partition coefficient (Wildman–Crippen LogP) is 4.84. The minimum atomic E-state index is -0.272. The van der Waals surface area contributed by atoms with Crippen LogP contribution in [0.2, 0.25) is 0 Å². The molecule has 0 aliphatic heterocycles. The maximum atomic E-state index is 14.7. The standard InChI is InChI=1S/C18H19F2N/c19-15-2-1-14-6-17(20)21(16(14)7-15)18-8-11-3-12(9-18)5-13(4-11)10-18/h1-2,6-7,11-13H,3-5,8-10H2. The summed E-state index contributed by atoms with van der Waals surface area (Å²) in [5.74, 6) is 1.80. The summed E-state index contributed by atoms with van der Waals surface area (Å²) in [6.45, 7) is 0. The highest BCUT2D eigenvalue weighted by Crippen LogP contribution is 2.59. The highest BCUT2D eigenvalue weighted by molar-refractivity contribution is 5.80. The lowest BCUT2D eigenvalue weighted by Crippen LogP contribution is -2.52. The topological polar surface area (TPSA) is 4.93 Å². The molecule has 0 radical (unpaired) electrons. The van der Waals surface area contributed by atoms with Crippen LogP contribution in [0.4, 0.5) is 8.78 Å². The Morgan fingerprint density at radius 3 is 2.14 bits per heavy atom. The molecule has 4 bridgehead atoms. The number of hydrogen-bond donors (Lipinski definition) is 0. The fraction of sp³-hybridized carbons (Fsp3) is 0.556. The van der Waals surface area contributed by atoms with Crippen molar-refractivity contribution in [2.75, 3.05) is 0 Å². The number of hydrogen-bond acceptors (Lipinski definition) is 0. The van der Waals surface area contributed by atoms with E-state index >= 15 is 0 Å². The second-order valence-electron chi connectivity index (χ2n) is 7.65. The smallest absolute Gasteiger partial charge is 0.195 e. The van der Waals surface area contributed by atoms with Crippen LogP contribution >= 0.6 is 0 Å². The van der Waals surface area contributed by atoms with Crippen molar-refractivity contribution in [3.8, 4) is 0 Å². The fourth-order valence-corrected chi connectivity index (χ4v) is 5.96. The summed E-state index contributed by atoms with van der Waals surface area (Å²) in [5.41, 5.74) is 0.656. The molecule has 1 aromatic carbocycles. The van der Waals surface area contributed by atoms with E-state index in [-0.39, 0.29) is 17.3 Å². The van der Waals surface area contributed by atoms with Gasteiger partial charge in [-0.2, -0.15) is 4.39 Å². The van der Waals surface area contributed by atoms with Crippen LogP contribution in [0.5, 0.6) is 0 Å². The van der Waals surface area contributed by atoms with Crippen molar-refractivity contribution in [2.24, 2.45) is 17.8 Å². The lowest BCUT2D eigenvalue weighted by atomic mass is 9.53. The van der Waals surface area contributed by atoms with Crippen molar-refractivity contribution >= 4 is 10.9 Å². The SMILES string of the molecule is Fc1ccc2cc(F)n(C34CC5CC(CC(C5)C3)C4)c2c1. The third-order valence-electron chi connectivity index (χ3n) is 6.20. The molecule has 0 saturated heterocycles. The average molecular weight is 287 g/mol. The largest absolute Gasteiger partial charge is 0.311 e. The Labute approximate surface area is 122 Å². The van der Waals surface area contributed by atoms with Crippen molar-refractivity contribution in [2.45, 2.75) is 44.1 Å². The van der Waals surface area contributed by atoms with E-state index in [1.807, 2.05) is 4.57 Å². The maximum absolute atomic E-state index is 14.7. The van der Waals surface area contributed by atoms with Crippen LogP contribution in [0.25, 0.3) is 10.9 Å². The molecule has 3 heteroatoms. The van der Waals surface area contributed by atoms with Crippen LogP contribution in [0, 0.1) is 29.5 Å². The summed E-state index contributed by atoms with van der Waals surface area (Å²) in [4.78, 5) is 0. The van der Waals surface area contributed by atoms with Gasteiger partial charge in [0.25, 0.3) is 0 Å². The second-order valence-corrected chi connectivity index (χ2v) is 7.65. The molecule has 1 nitrogen and oxygen atoms in total. The minimum absolute atomic E-state index is 0.0889. The normalized spacial score (nSPS) is 37.5. The quantitative estimate of drug-likeness (QED) is 0.707. The van der Waals surface area contributed by atoms with Crippen molar-refractivity contribution in [3.05, 3.63) is 36.0 Å². The monoisotopic (exact) mass is 287 g/mol. The van der Waals surface area contributed by atoms with Gasteiger partial charge in [-0.25, -0.2) is 4.39 Å². The van der Waals surface area contributed by atoms with Gasteiger partial charge in [-0.3, -0.25) is 0 Å². The van der Waals surface area contributed by atoms with Gasteiger partial charge in [0.2, 0.25) is 0 Å². The van der Waals surface area contributed by atoms with Gasteiger partial charge in [0, 0.05) is 17.0 Å². The maximum Gasteiger partial charge on any atom is 0.195 e. The molecule has 1 heterocycles. The van der Waals surface area contributed by atoms with Crippen molar-refractivity contribution < 1.29 is 8.78 Å². The summed E-state index contributed by atoms with van der Waals surface area (Å²) < 4.78 is 30.2. The van der Waals surface area contributed by atoms with Gasteiger partial charge in [-0.1, -0.05) is 0 Å². The highest BCUT2D eigenvalue weighted by atomic mass is 19.1. The van der Waals surface area contributed by atoms with E-state index in [0.717, 1.165) is 47.9 Å². The van der Waals surface area contributed by atoms with Crippen molar-refractivity contribution in [3.63, 3.8) is 0 Å². The van der Waals surface area contributed by atoms with Gasteiger partial charge in [0.05, 0.1) is 5.52 Å². The first-order valence-electron chi connectivity index (χ1n) is 8.10. The third kappa shape index (κ3) is 1.60. The van der Waals surface area contributed by atoms with Gasteiger partial charge in [-0.15, -0.1) is 0 Å². The first-order valence-corrected chi connectivity index (χ1v) is 8.10. The van der Waals surface area contributed by atoms with Crippen LogP contribution in [0.15, 0.2) is 24.3 Å². The van der Waals surface area contributed by atoms with Gasteiger partial charge in [0.15, 0.2) is 5.95 Å². The molecule has 21 heavy (non-hydrogen) atoms. The van der Waals surface area contributed by atoms with E-state index in [4.69, 9.17) is 0 Å². The second kappa shape index (κ2) is 3.88. The van der Waals surface area contributed by atoms with Gasteiger partial charge in [0.1, 0.15) is 5.82 Å². The Hall–Kier alpha value is -1.38. The zero-order chi connectivity index (χ0) is 14.2. The van der Waals surface area contributed by atoms with E-state index in [2.05, 4.69) is 0 Å². The first-order chi connectivity index (χ1) is 10.1. The Kier molecular flexibility index (Phi) is 2.25. The number of rotatable bonds is 1. The molecule has 0 unspecified atom stereocenters. The molecule has 110 valence electrons. The molecule has 1 aromatic heterocycles. The molecule has 0 amide bonds. The van der Waals surface area contributed by atoms with E-state index in [1.54, 1.807) is 12.1 Å². The molecule has 0 spiro atoms. The van der Waals surface area contributed by atoms with Crippen LogP contribution in [0.3, 0.4) is 0 Å². The van der Waals surface area contributed by atoms with E-state index in [9.17, 15) is 8.78 Å². The molecular weight excluding hydrogens is 268 g/mol. The van der Waals surface area contributed by atoms with E-state index in [0.29, 0.717) is 0 Å². The Morgan fingerprint density at radius 2 is 1.52 bits per heavy atom. The number of aromatic nitrogens is 1. The molecule has 0 N–H and O–H groups in total. The number of benzene rings is 1. The predicted molar refractivity (Wildman–Crippen MR) is 78.0 cm³/mol. The Bertz CT molecular complexity index is 695. The highest BCUT2D eigenvalue weighted by Gasteiger charge is 2.52. The van der Waals surface area contributed by atoms with Crippen LogP contribution in [0.1, 0.15) is 38.5 Å². The first kappa shape index (κ1) is 12.2. The molecule has 4 fully saturated rings. The van der Waals surface area contributed by atoms with E-state index in [1.165, 1.54) is 31.4 Å². The molecule has 4 aliphatic rings.